The number of rotatable bonds is 8. The van der Waals surface area contributed by atoms with Crippen LogP contribution in [0, 0.1) is 19.8 Å². The Morgan fingerprint density at radius 3 is 2.80 bits per heavy atom. The highest BCUT2D eigenvalue weighted by Gasteiger charge is 2.22. The quantitative estimate of drug-likeness (QED) is 0.794. The van der Waals surface area contributed by atoms with Gasteiger partial charge >= 0.3 is 0 Å². The second-order valence-corrected chi connectivity index (χ2v) is 7.10. The molecule has 1 fully saturated rings. The molecule has 0 aromatic carbocycles. The van der Waals surface area contributed by atoms with E-state index < -0.39 is 6.10 Å². The summed E-state index contributed by atoms with van der Waals surface area (Å²) in [6.07, 6.45) is 3.48. The zero-order chi connectivity index (χ0) is 17.6. The fraction of sp³-hybridized carbons (Fsp3) is 0.632. The molecule has 25 heavy (non-hydrogen) atoms. The Hall–Kier alpha value is -1.63. The summed E-state index contributed by atoms with van der Waals surface area (Å²) in [6, 6.07) is 5.85. The van der Waals surface area contributed by atoms with Crippen LogP contribution in [0.15, 0.2) is 28.9 Å². The van der Waals surface area contributed by atoms with E-state index in [-0.39, 0.29) is 0 Å². The smallest absolute Gasteiger partial charge is 0.129 e. The van der Waals surface area contributed by atoms with Crippen LogP contribution in [-0.4, -0.2) is 52.1 Å². The molecule has 0 bridgehead atoms. The van der Waals surface area contributed by atoms with Crippen LogP contribution < -0.4 is 0 Å². The van der Waals surface area contributed by atoms with Gasteiger partial charge in [0, 0.05) is 18.8 Å². The van der Waals surface area contributed by atoms with Gasteiger partial charge in [-0.15, -0.1) is 0 Å². The number of aliphatic hydroxyl groups is 1. The number of aryl methyl sites for hydroxylation is 2. The van der Waals surface area contributed by atoms with Gasteiger partial charge in [-0.25, -0.2) is 0 Å². The van der Waals surface area contributed by atoms with Crippen molar-refractivity contribution in [1.29, 1.82) is 0 Å². The van der Waals surface area contributed by atoms with Crippen molar-refractivity contribution in [1.82, 2.24) is 14.7 Å². The normalized spacial score (nSPS) is 17.9. The predicted molar refractivity (Wildman–Crippen MR) is 95.2 cm³/mol. The highest BCUT2D eigenvalue weighted by molar-refractivity contribution is 5.06. The number of hydrogen-bond acceptors (Lipinski definition) is 5. The van der Waals surface area contributed by atoms with E-state index in [9.17, 15) is 5.11 Å². The van der Waals surface area contributed by atoms with Gasteiger partial charge in [0.05, 0.1) is 24.7 Å². The predicted octanol–water partition coefficient (Wildman–Crippen LogP) is 2.38. The first-order valence-electron chi connectivity index (χ1n) is 9.11. The van der Waals surface area contributed by atoms with Gasteiger partial charge in [-0.05, 0) is 63.9 Å². The standard InChI is InChI=1S/C19H29N3O3/c1-15-10-16(2)22(20-15)11-17-5-7-21(8-6-17)12-18(23)13-24-14-19-4-3-9-25-19/h3-4,9-10,17-18,23H,5-8,11-14H2,1-2H3/t18-/m1/s1. The molecule has 0 amide bonds. The molecule has 0 radical (unpaired) electrons. The van der Waals surface area contributed by atoms with Gasteiger partial charge < -0.3 is 19.2 Å². The first-order chi connectivity index (χ1) is 12.1. The molecule has 3 heterocycles. The lowest BCUT2D eigenvalue weighted by Crippen LogP contribution is -2.41. The van der Waals surface area contributed by atoms with E-state index in [2.05, 4.69) is 27.7 Å². The maximum absolute atomic E-state index is 10.2. The van der Waals surface area contributed by atoms with Gasteiger partial charge in [0.15, 0.2) is 0 Å². The van der Waals surface area contributed by atoms with Crippen LogP contribution in [0.5, 0.6) is 0 Å². The van der Waals surface area contributed by atoms with Crippen LogP contribution in [0.2, 0.25) is 0 Å². The van der Waals surface area contributed by atoms with E-state index in [4.69, 9.17) is 9.15 Å². The number of aliphatic hydroxyl groups excluding tert-OH is 1. The number of nitrogens with zero attached hydrogens (tertiary/aromatic N) is 3. The zero-order valence-electron chi connectivity index (χ0n) is 15.2. The summed E-state index contributed by atoms with van der Waals surface area (Å²) in [5.41, 5.74) is 2.33. The molecule has 1 aliphatic heterocycles. The molecular weight excluding hydrogens is 318 g/mol. The first-order valence-corrected chi connectivity index (χ1v) is 9.11. The Kier molecular flexibility index (Phi) is 6.29. The Morgan fingerprint density at radius 1 is 1.36 bits per heavy atom. The van der Waals surface area contributed by atoms with Crippen molar-refractivity contribution in [3.63, 3.8) is 0 Å². The summed E-state index contributed by atoms with van der Waals surface area (Å²) in [6.45, 7) is 8.64. The molecule has 0 aliphatic carbocycles. The third kappa shape index (κ3) is 5.42. The van der Waals surface area contributed by atoms with Crippen molar-refractivity contribution in [2.24, 2.45) is 5.92 Å². The highest BCUT2D eigenvalue weighted by Crippen LogP contribution is 2.20. The molecular formula is C19H29N3O3. The fourth-order valence-corrected chi connectivity index (χ4v) is 3.50. The minimum Gasteiger partial charge on any atom is -0.467 e. The Balaban J connectivity index is 1.33. The van der Waals surface area contributed by atoms with Crippen LogP contribution in [0.1, 0.15) is 30.0 Å². The number of ether oxygens (including phenoxy) is 1. The van der Waals surface area contributed by atoms with Crippen molar-refractivity contribution in [3.8, 4) is 0 Å². The maximum atomic E-state index is 10.2. The summed E-state index contributed by atoms with van der Waals surface area (Å²) in [7, 11) is 0. The molecule has 1 aliphatic rings. The third-order valence-corrected chi connectivity index (χ3v) is 4.85. The molecule has 2 aromatic heterocycles. The van der Waals surface area contributed by atoms with Crippen LogP contribution in [0.3, 0.4) is 0 Å². The van der Waals surface area contributed by atoms with E-state index in [0.29, 0.717) is 25.7 Å². The third-order valence-electron chi connectivity index (χ3n) is 4.85. The molecule has 6 heteroatoms. The molecule has 2 aromatic rings. The van der Waals surface area contributed by atoms with Gasteiger partial charge in [-0.3, -0.25) is 4.68 Å². The lowest BCUT2D eigenvalue weighted by Gasteiger charge is -2.33. The van der Waals surface area contributed by atoms with E-state index in [1.54, 1.807) is 6.26 Å². The number of furan rings is 1. The highest BCUT2D eigenvalue weighted by atomic mass is 16.5. The Labute approximate surface area is 149 Å². The minimum atomic E-state index is -0.456. The number of likely N-dealkylation sites (tertiary alicyclic amines) is 1. The first kappa shape index (κ1) is 18.2. The number of piperidine rings is 1. The van der Waals surface area contributed by atoms with Crippen molar-refractivity contribution in [2.45, 2.75) is 45.9 Å². The molecule has 1 saturated heterocycles. The molecule has 1 N–H and O–H groups in total. The molecule has 0 unspecified atom stereocenters. The molecule has 1 atom stereocenters. The average Bonchev–Trinajstić information content (AvgIpc) is 3.19. The van der Waals surface area contributed by atoms with Crippen molar-refractivity contribution >= 4 is 0 Å². The topological polar surface area (TPSA) is 63.7 Å². The monoisotopic (exact) mass is 347 g/mol. The van der Waals surface area contributed by atoms with Crippen LogP contribution in [0.25, 0.3) is 0 Å². The summed E-state index contributed by atoms with van der Waals surface area (Å²) in [5, 5.41) is 14.7. The SMILES string of the molecule is Cc1cc(C)n(CC2CCN(C[C@@H](O)COCc3ccco3)CC2)n1. The molecule has 0 spiro atoms. The minimum absolute atomic E-state index is 0.340. The summed E-state index contributed by atoms with van der Waals surface area (Å²) in [4.78, 5) is 2.33. The summed E-state index contributed by atoms with van der Waals surface area (Å²) < 4.78 is 12.9. The fourth-order valence-electron chi connectivity index (χ4n) is 3.50. The van der Waals surface area contributed by atoms with Gasteiger partial charge in [0.1, 0.15) is 12.4 Å². The summed E-state index contributed by atoms with van der Waals surface area (Å²) in [5.74, 6) is 1.46. The molecule has 0 saturated carbocycles. The number of aromatic nitrogens is 2. The van der Waals surface area contributed by atoms with Crippen molar-refractivity contribution in [3.05, 3.63) is 41.6 Å². The lowest BCUT2D eigenvalue weighted by atomic mass is 9.96. The van der Waals surface area contributed by atoms with Gasteiger partial charge in [0.25, 0.3) is 0 Å². The van der Waals surface area contributed by atoms with Crippen LogP contribution >= 0.6 is 0 Å². The number of hydrogen-bond donors (Lipinski definition) is 1. The van der Waals surface area contributed by atoms with Crippen LogP contribution in [-0.2, 0) is 17.9 Å². The van der Waals surface area contributed by atoms with Gasteiger partial charge in [-0.1, -0.05) is 0 Å². The largest absolute Gasteiger partial charge is 0.467 e. The van der Waals surface area contributed by atoms with E-state index in [1.165, 1.54) is 5.69 Å². The Bertz CT molecular complexity index is 630. The molecule has 6 nitrogen and oxygen atoms in total. The maximum Gasteiger partial charge on any atom is 0.129 e. The van der Waals surface area contributed by atoms with Gasteiger partial charge in [0.2, 0.25) is 0 Å². The van der Waals surface area contributed by atoms with Crippen LogP contribution in [0.4, 0.5) is 0 Å². The summed E-state index contributed by atoms with van der Waals surface area (Å²) >= 11 is 0. The average molecular weight is 347 g/mol. The lowest BCUT2D eigenvalue weighted by molar-refractivity contribution is -0.000351. The van der Waals surface area contributed by atoms with E-state index in [0.717, 1.165) is 43.9 Å². The Morgan fingerprint density at radius 2 is 2.16 bits per heavy atom. The van der Waals surface area contributed by atoms with Crippen molar-refractivity contribution in [2.75, 3.05) is 26.2 Å². The second kappa shape index (κ2) is 8.65. The van der Waals surface area contributed by atoms with Crippen molar-refractivity contribution < 1.29 is 14.3 Å². The second-order valence-electron chi connectivity index (χ2n) is 7.10. The number of β-amino-alcohol motifs (C(OH)–C–C–N with tert-alkyl or cyclic N) is 1. The zero-order valence-corrected chi connectivity index (χ0v) is 15.2. The molecule has 3 rings (SSSR count). The van der Waals surface area contributed by atoms with E-state index in [1.807, 2.05) is 19.1 Å². The molecule has 138 valence electrons. The van der Waals surface area contributed by atoms with Gasteiger partial charge in [-0.2, -0.15) is 5.10 Å². The van der Waals surface area contributed by atoms with E-state index >= 15 is 0 Å².